The molecule has 1 saturated carbocycles. The van der Waals surface area contributed by atoms with E-state index in [-0.39, 0.29) is 47.4 Å². The smallest absolute Gasteiger partial charge is 0.322 e. The molecule has 6 nitrogen and oxygen atoms in total. The average Bonchev–Trinajstić information content (AvgIpc) is 2.72. The minimum absolute atomic E-state index is 0.0383. The van der Waals surface area contributed by atoms with Gasteiger partial charge in [0.05, 0.1) is 25.2 Å². The van der Waals surface area contributed by atoms with Crippen molar-refractivity contribution in [1.82, 2.24) is 0 Å². The summed E-state index contributed by atoms with van der Waals surface area (Å²) in [6, 6.07) is 0. The Morgan fingerprint density at radius 2 is 1.81 bits per heavy atom. The Labute approximate surface area is 185 Å². The lowest BCUT2D eigenvalue weighted by atomic mass is 9.55. The summed E-state index contributed by atoms with van der Waals surface area (Å²) in [6.45, 7) is 10.1. The minimum Gasteiger partial charge on any atom is -0.469 e. The zero-order valence-corrected chi connectivity index (χ0v) is 19.8. The Balaban J connectivity index is 1.83. The summed E-state index contributed by atoms with van der Waals surface area (Å²) in [4.78, 5) is 39.7. The standard InChI is InChI=1S/C25H38O6/c1-13-8-7-9-25-12-15(3)17(22(27)29-6)11-18(25)21-24(5,23(28)31-25)20(26)16(4)19(30-21)14(2)10-13/h13-19,21H,7-12H2,1-6H3/t13-,14-,15+,16+,17+,18-,19-,21+,24+,25+/m1/s1. The molecule has 0 spiro atoms. The molecule has 0 radical (unpaired) electrons. The van der Waals surface area contributed by atoms with Crippen molar-refractivity contribution in [2.45, 2.75) is 91.0 Å². The molecule has 174 valence electrons. The highest BCUT2D eigenvalue weighted by Gasteiger charge is 2.69. The van der Waals surface area contributed by atoms with Gasteiger partial charge in [-0.3, -0.25) is 14.4 Å². The molecule has 4 fully saturated rings. The molecule has 10 atom stereocenters. The Morgan fingerprint density at radius 1 is 1.10 bits per heavy atom. The Morgan fingerprint density at radius 3 is 2.48 bits per heavy atom. The van der Waals surface area contributed by atoms with E-state index in [1.807, 2.05) is 13.8 Å². The van der Waals surface area contributed by atoms with Gasteiger partial charge in [-0.05, 0) is 56.8 Å². The highest BCUT2D eigenvalue weighted by atomic mass is 16.6. The Bertz CT molecular complexity index is 763. The van der Waals surface area contributed by atoms with Gasteiger partial charge in [0, 0.05) is 11.8 Å². The van der Waals surface area contributed by atoms with Gasteiger partial charge in [0.25, 0.3) is 0 Å². The number of methoxy groups -OCH3 is 1. The highest BCUT2D eigenvalue weighted by Crippen LogP contribution is 2.58. The number of carbonyl (C=O) groups is 3. The summed E-state index contributed by atoms with van der Waals surface area (Å²) in [7, 11) is 1.42. The first-order chi connectivity index (χ1) is 14.5. The van der Waals surface area contributed by atoms with Crippen LogP contribution in [0.3, 0.4) is 0 Å². The van der Waals surface area contributed by atoms with Gasteiger partial charge in [-0.25, -0.2) is 0 Å². The van der Waals surface area contributed by atoms with Crippen molar-refractivity contribution in [2.24, 2.45) is 40.9 Å². The number of Topliss-reactive ketones (excluding diaryl/α,β-unsaturated/α-hetero) is 1. The topological polar surface area (TPSA) is 78.9 Å². The fraction of sp³-hybridized carbons (Fsp3) is 0.880. The number of carbonyl (C=O) groups excluding carboxylic acids is 3. The van der Waals surface area contributed by atoms with Crippen molar-refractivity contribution < 1.29 is 28.6 Å². The molecule has 0 aromatic carbocycles. The van der Waals surface area contributed by atoms with E-state index < -0.39 is 23.1 Å². The van der Waals surface area contributed by atoms with Gasteiger partial charge in [-0.15, -0.1) is 0 Å². The second kappa shape index (κ2) is 7.86. The maximum atomic E-state index is 13.6. The van der Waals surface area contributed by atoms with Gasteiger partial charge in [-0.1, -0.05) is 34.1 Å². The molecule has 6 heteroatoms. The second-order valence-electron chi connectivity index (χ2n) is 11.2. The molecule has 3 bridgehead atoms. The summed E-state index contributed by atoms with van der Waals surface area (Å²) in [5, 5.41) is 0. The van der Waals surface area contributed by atoms with E-state index in [0.717, 1.165) is 25.7 Å². The molecule has 0 amide bonds. The molecule has 31 heavy (non-hydrogen) atoms. The van der Waals surface area contributed by atoms with Crippen LogP contribution in [0.1, 0.15) is 73.1 Å². The molecule has 0 aromatic rings. The summed E-state index contributed by atoms with van der Waals surface area (Å²) in [5.74, 6) is -0.772. The molecular weight excluding hydrogens is 396 g/mol. The van der Waals surface area contributed by atoms with Crippen LogP contribution < -0.4 is 0 Å². The fourth-order valence-corrected chi connectivity index (χ4v) is 7.35. The molecule has 0 unspecified atom stereocenters. The lowest BCUT2D eigenvalue weighted by Gasteiger charge is -2.60. The molecule has 3 aliphatic heterocycles. The lowest BCUT2D eigenvalue weighted by Crippen LogP contribution is -2.71. The SMILES string of the molecule is COC(=O)[C@H]1C[C@@H]2[C@@H]3O[C@@H]4[C@H](C)C[C@H](C)CCC[C@@]2(C[C@@H]1C)OC(=O)[C@@]3(C)C(=O)[C@H]4C. The first-order valence-corrected chi connectivity index (χ1v) is 12.1. The van der Waals surface area contributed by atoms with E-state index in [0.29, 0.717) is 18.8 Å². The van der Waals surface area contributed by atoms with Gasteiger partial charge >= 0.3 is 11.9 Å². The van der Waals surface area contributed by atoms with Crippen molar-refractivity contribution in [3.63, 3.8) is 0 Å². The number of ketones is 1. The average molecular weight is 435 g/mol. The lowest BCUT2D eigenvalue weighted by molar-refractivity contribution is -0.266. The van der Waals surface area contributed by atoms with Crippen LogP contribution in [0.2, 0.25) is 0 Å². The summed E-state index contributed by atoms with van der Waals surface area (Å²) in [6.07, 6.45) is 4.14. The van der Waals surface area contributed by atoms with Crippen LogP contribution in [0.4, 0.5) is 0 Å². The van der Waals surface area contributed by atoms with Gasteiger partial charge in [0.15, 0.2) is 11.2 Å². The number of hydrogen-bond donors (Lipinski definition) is 0. The number of hydrogen-bond acceptors (Lipinski definition) is 6. The van der Waals surface area contributed by atoms with Gasteiger partial charge in [-0.2, -0.15) is 0 Å². The molecule has 4 rings (SSSR count). The molecular formula is C25H38O6. The largest absolute Gasteiger partial charge is 0.469 e. The van der Waals surface area contributed by atoms with Crippen LogP contribution in [-0.4, -0.2) is 42.6 Å². The predicted molar refractivity (Wildman–Crippen MR) is 114 cm³/mol. The van der Waals surface area contributed by atoms with Gasteiger partial charge in [0.2, 0.25) is 0 Å². The van der Waals surface area contributed by atoms with E-state index in [1.165, 1.54) is 7.11 Å². The predicted octanol–water partition coefficient (Wildman–Crippen LogP) is 3.94. The molecule has 3 heterocycles. The van der Waals surface area contributed by atoms with Gasteiger partial charge in [0.1, 0.15) is 5.60 Å². The minimum atomic E-state index is -1.31. The maximum Gasteiger partial charge on any atom is 0.322 e. The molecule has 1 aliphatic carbocycles. The van der Waals surface area contributed by atoms with E-state index in [9.17, 15) is 14.4 Å². The van der Waals surface area contributed by atoms with E-state index in [4.69, 9.17) is 14.2 Å². The zero-order valence-electron chi connectivity index (χ0n) is 19.8. The number of fused-ring (bicyclic) bond motifs is 1. The molecule has 0 N–H and O–H groups in total. The van der Waals surface area contributed by atoms with E-state index in [1.54, 1.807) is 6.92 Å². The van der Waals surface area contributed by atoms with Gasteiger partial charge < -0.3 is 14.2 Å². The maximum absolute atomic E-state index is 13.6. The first-order valence-electron chi connectivity index (χ1n) is 12.1. The second-order valence-corrected chi connectivity index (χ2v) is 11.2. The van der Waals surface area contributed by atoms with Crippen LogP contribution in [0, 0.1) is 40.9 Å². The highest BCUT2D eigenvalue weighted by molar-refractivity contribution is 6.06. The number of ether oxygens (including phenoxy) is 3. The van der Waals surface area contributed by atoms with Crippen LogP contribution in [0.25, 0.3) is 0 Å². The number of esters is 2. The monoisotopic (exact) mass is 434 g/mol. The van der Waals surface area contributed by atoms with Crippen LogP contribution in [0.5, 0.6) is 0 Å². The van der Waals surface area contributed by atoms with Crippen molar-refractivity contribution in [2.75, 3.05) is 7.11 Å². The third-order valence-electron chi connectivity index (χ3n) is 9.05. The van der Waals surface area contributed by atoms with Crippen LogP contribution in [0.15, 0.2) is 0 Å². The Kier molecular flexibility index (Phi) is 5.77. The quantitative estimate of drug-likeness (QED) is 0.459. The van der Waals surface area contributed by atoms with E-state index >= 15 is 0 Å². The van der Waals surface area contributed by atoms with E-state index in [2.05, 4.69) is 13.8 Å². The molecule has 3 saturated heterocycles. The summed E-state index contributed by atoms with van der Waals surface area (Å²) in [5.41, 5.74) is -1.99. The Hall–Kier alpha value is -1.43. The fourth-order valence-electron chi connectivity index (χ4n) is 7.35. The zero-order chi connectivity index (χ0) is 22.7. The number of rotatable bonds is 1. The summed E-state index contributed by atoms with van der Waals surface area (Å²) >= 11 is 0. The molecule has 0 aromatic heterocycles. The van der Waals surface area contributed by atoms with Crippen LogP contribution in [-0.2, 0) is 28.6 Å². The molecule has 4 aliphatic rings. The first kappa shape index (κ1) is 22.8. The van der Waals surface area contributed by atoms with Crippen molar-refractivity contribution in [3.05, 3.63) is 0 Å². The third-order valence-corrected chi connectivity index (χ3v) is 9.05. The summed E-state index contributed by atoms with van der Waals surface area (Å²) < 4.78 is 18.1. The third kappa shape index (κ3) is 3.35. The van der Waals surface area contributed by atoms with Crippen molar-refractivity contribution >= 4 is 17.7 Å². The normalized spacial score (nSPS) is 50.1. The van der Waals surface area contributed by atoms with Crippen molar-refractivity contribution in [1.29, 1.82) is 0 Å². The van der Waals surface area contributed by atoms with Crippen molar-refractivity contribution in [3.8, 4) is 0 Å². The van der Waals surface area contributed by atoms with Crippen LogP contribution >= 0.6 is 0 Å².